The lowest BCUT2D eigenvalue weighted by molar-refractivity contribution is -0.179. The number of hydrogen-bond acceptors (Lipinski definition) is 14. The molecule has 0 unspecified atom stereocenters. The van der Waals surface area contributed by atoms with Gasteiger partial charge in [0.1, 0.15) is 34.6 Å². The number of aliphatic carboxylic acids is 1. The lowest BCUT2D eigenvalue weighted by Crippen LogP contribution is -2.68. The molecule has 0 spiro atoms. The van der Waals surface area contributed by atoms with Crippen LogP contribution >= 0.6 is 34.9 Å². The molecule has 2 aliphatic rings. The quantitative estimate of drug-likeness (QED) is 0.102. The molecule has 3 amide bonds. The van der Waals surface area contributed by atoms with Gasteiger partial charge in [-0.3, -0.25) is 14.9 Å². The van der Waals surface area contributed by atoms with Crippen LogP contribution in [0.15, 0.2) is 10.5 Å². The Morgan fingerprint density at radius 2 is 1.80 bits per heavy atom. The van der Waals surface area contributed by atoms with E-state index < -0.39 is 67.9 Å². The van der Waals surface area contributed by atoms with E-state index in [0.29, 0.717) is 6.29 Å². The van der Waals surface area contributed by atoms with Crippen LogP contribution in [-0.4, -0.2) is 101 Å². The van der Waals surface area contributed by atoms with Crippen molar-refractivity contribution in [1.29, 1.82) is 0 Å². The van der Waals surface area contributed by atoms with Crippen LogP contribution in [0.4, 0.5) is 9.93 Å². The fourth-order valence-electron chi connectivity index (χ4n) is 3.68. The van der Waals surface area contributed by atoms with E-state index in [2.05, 4.69) is 20.8 Å². The topological polar surface area (TPSA) is 203 Å². The van der Waals surface area contributed by atoms with E-state index in [4.69, 9.17) is 14.3 Å². The number of amides is 3. The number of fused-ring (bicyclic) bond motifs is 1. The number of nitrogens with zero attached hydrogens (tertiary/aromatic N) is 3. The van der Waals surface area contributed by atoms with Gasteiger partial charge in [0.05, 0.1) is 12.3 Å². The van der Waals surface area contributed by atoms with Crippen LogP contribution in [0.5, 0.6) is 0 Å². The zero-order valence-corrected chi connectivity index (χ0v) is 27.9. The van der Waals surface area contributed by atoms with Crippen molar-refractivity contribution in [1.82, 2.24) is 15.2 Å². The molecule has 0 saturated carbocycles. The highest BCUT2D eigenvalue weighted by Crippen LogP contribution is 2.52. The molecule has 0 aliphatic carbocycles. The Kier molecular flexibility index (Phi) is 10.3. The van der Waals surface area contributed by atoms with Crippen molar-refractivity contribution in [3.63, 3.8) is 0 Å². The molecule has 3 atom stereocenters. The fourth-order valence-corrected chi connectivity index (χ4v) is 7.16. The summed E-state index contributed by atoms with van der Waals surface area (Å²) in [5.74, 6) is -3.48. The average molecular weight is 674 g/mol. The number of carboxylic acids is 1. The summed E-state index contributed by atoms with van der Waals surface area (Å²) < 4.78 is 9.12. The van der Waals surface area contributed by atoms with Gasteiger partial charge in [0.15, 0.2) is 14.9 Å². The number of carboxylic acid groups (broad SMARTS) is 1. The molecule has 3 N–H and O–H groups in total. The number of hydrogen-bond donors (Lipinski definition) is 3. The maximum Gasteiger partial charge on any atom is 0.413 e. The molecular formula is C26H35N5O10S3. The number of aromatic nitrogens is 1. The van der Waals surface area contributed by atoms with Gasteiger partial charge < -0.3 is 34.4 Å². The molecule has 0 bridgehead atoms. The molecule has 3 rings (SSSR count). The molecule has 2 saturated heterocycles. The Labute approximate surface area is 266 Å². The summed E-state index contributed by atoms with van der Waals surface area (Å²) in [6, 6.07) is -1.12. The van der Waals surface area contributed by atoms with E-state index in [1.54, 1.807) is 41.5 Å². The first-order valence-electron chi connectivity index (χ1n) is 13.2. The summed E-state index contributed by atoms with van der Waals surface area (Å²) in [5.41, 5.74) is -3.73. The van der Waals surface area contributed by atoms with Crippen LogP contribution in [0.25, 0.3) is 0 Å². The summed E-state index contributed by atoms with van der Waals surface area (Å²) in [4.78, 5) is 85.4. The summed E-state index contributed by atoms with van der Waals surface area (Å²) >= 11 is 2.79. The summed E-state index contributed by atoms with van der Waals surface area (Å²) in [7, 11) is 0. The van der Waals surface area contributed by atoms with E-state index in [1.807, 2.05) is 0 Å². The van der Waals surface area contributed by atoms with Gasteiger partial charge in [0.25, 0.3) is 5.91 Å². The van der Waals surface area contributed by atoms with Crippen LogP contribution in [0.3, 0.4) is 0 Å². The normalized spacial score (nSPS) is 22.0. The predicted molar refractivity (Wildman–Crippen MR) is 163 cm³/mol. The zero-order valence-electron chi connectivity index (χ0n) is 25.4. The van der Waals surface area contributed by atoms with Crippen molar-refractivity contribution in [2.24, 2.45) is 5.16 Å². The second kappa shape index (κ2) is 12.9. The summed E-state index contributed by atoms with van der Waals surface area (Å²) in [6.45, 7) is 12.7. The Morgan fingerprint density at radius 3 is 2.36 bits per heavy atom. The Hall–Kier alpha value is -3.38. The third kappa shape index (κ3) is 8.41. The predicted octanol–water partition coefficient (Wildman–Crippen LogP) is 2.44. The number of nitrogens with one attached hydrogen (secondary N) is 2. The van der Waals surface area contributed by atoms with E-state index >= 15 is 0 Å². The Balaban J connectivity index is 1.86. The van der Waals surface area contributed by atoms with E-state index in [0.717, 1.165) is 34.9 Å². The maximum atomic E-state index is 13.5. The number of carbonyl (C=O) groups excluding carboxylic acids is 5. The average Bonchev–Trinajstić information content (AvgIpc) is 3.47. The Bertz CT molecular complexity index is 1370. The van der Waals surface area contributed by atoms with Gasteiger partial charge in [-0.25, -0.2) is 19.4 Å². The fraction of sp³-hybridized carbons (Fsp3) is 0.615. The SMILES string of the molecule is CC(C)(C)OC(=O)Nc1nc(/C(=N/OC(C)(C)C(=O)OC(C)(C)C)C(=O)N[C@@H]2C(=O)N3C[C@](SCC=O)(C(=O)O)S[C@H]23)cs1. The third-order valence-corrected chi connectivity index (χ3v) is 9.58. The van der Waals surface area contributed by atoms with Crippen molar-refractivity contribution < 1.29 is 48.2 Å². The molecule has 44 heavy (non-hydrogen) atoms. The number of esters is 1. The second-order valence-electron chi connectivity index (χ2n) is 12.2. The number of ether oxygens (including phenoxy) is 2. The first-order chi connectivity index (χ1) is 20.2. The molecule has 2 fully saturated rings. The number of anilines is 1. The highest BCUT2D eigenvalue weighted by Gasteiger charge is 2.62. The summed E-state index contributed by atoms with van der Waals surface area (Å²) in [6.07, 6.45) is -0.204. The highest BCUT2D eigenvalue weighted by molar-refractivity contribution is 8.20. The van der Waals surface area contributed by atoms with Gasteiger partial charge in [0, 0.05) is 5.38 Å². The third-order valence-electron chi connectivity index (χ3n) is 5.65. The number of β-lactam (4-membered cyclic amide) rings is 1. The minimum Gasteiger partial charge on any atom is -0.480 e. The maximum absolute atomic E-state index is 13.5. The standard InChI is InChI=1S/C26H35N5O10S3/c1-23(2,3)39-20(37)25(7,8)41-30-14(13-11-42-21(27-13)29-22(38)40-24(4,5)6)16(33)28-15-17(34)31-12-26(19(35)36,43-10-9-32)44-18(15)31/h9,11,15,18H,10,12H2,1-8H3,(H,28,33)(H,35,36)(H,27,29,38)/b30-14-/t15-,18-,26-/m1/s1. The second-order valence-corrected chi connectivity index (χ2v) is 16.0. The minimum atomic E-state index is -1.65. The number of carbonyl (C=O) groups is 6. The molecule has 1 aromatic heterocycles. The number of aldehydes is 1. The van der Waals surface area contributed by atoms with Crippen LogP contribution in [-0.2, 0) is 38.3 Å². The summed E-state index contributed by atoms with van der Waals surface area (Å²) in [5, 5.41) is 19.5. The lowest BCUT2D eigenvalue weighted by Gasteiger charge is -2.41. The molecule has 1 aromatic rings. The van der Waals surface area contributed by atoms with Gasteiger partial charge in [-0.05, 0) is 55.4 Å². The molecule has 3 heterocycles. The smallest absolute Gasteiger partial charge is 0.413 e. The first kappa shape index (κ1) is 35.1. The number of rotatable bonds is 11. The van der Waals surface area contributed by atoms with Gasteiger partial charge in [-0.2, -0.15) is 0 Å². The molecule has 0 radical (unpaired) electrons. The monoisotopic (exact) mass is 673 g/mol. The van der Waals surface area contributed by atoms with Gasteiger partial charge in [-0.1, -0.05) is 5.16 Å². The number of thioether (sulfide) groups is 2. The van der Waals surface area contributed by atoms with Crippen molar-refractivity contribution in [2.45, 2.75) is 87.7 Å². The highest BCUT2D eigenvalue weighted by atomic mass is 32.2. The van der Waals surface area contributed by atoms with Crippen LogP contribution < -0.4 is 10.6 Å². The molecule has 18 heteroatoms. The van der Waals surface area contributed by atoms with Crippen molar-refractivity contribution in [3.8, 4) is 0 Å². The minimum absolute atomic E-state index is 0.0531. The van der Waals surface area contributed by atoms with E-state index in [-0.39, 0.29) is 23.1 Å². The Morgan fingerprint density at radius 1 is 1.16 bits per heavy atom. The van der Waals surface area contributed by atoms with E-state index in [9.17, 15) is 33.9 Å². The number of oxime groups is 1. The zero-order chi connectivity index (χ0) is 33.3. The van der Waals surface area contributed by atoms with Crippen LogP contribution in [0, 0.1) is 0 Å². The van der Waals surface area contributed by atoms with Gasteiger partial charge >= 0.3 is 18.0 Å². The van der Waals surface area contributed by atoms with Crippen molar-refractivity contribution >= 4 is 81.8 Å². The number of thiazole rings is 1. The van der Waals surface area contributed by atoms with Gasteiger partial charge in [0.2, 0.25) is 11.5 Å². The van der Waals surface area contributed by atoms with Gasteiger partial charge in [-0.15, -0.1) is 34.9 Å². The largest absolute Gasteiger partial charge is 0.480 e. The van der Waals surface area contributed by atoms with Crippen LogP contribution in [0.2, 0.25) is 0 Å². The molecule has 15 nitrogen and oxygen atoms in total. The van der Waals surface area contributed by atoms with E-state index in [1.165, 1.54) is 24.1 Å². The molecular weight excluding hydrogens is 639 g/mol. The van der Waals surface area contributed by atoms with Crippen molar-refractivity contribution in [2.75, 3.05) is 17.6 Å². The van der Waals surface area contributed by atoms with Crippen molar-refractivity contribution in [3.05, 3.63) is 11.1 Å². The molecule has 242 valence electrons. The van der Waals surface area contributed by atoms with Crippen LogP contribution in [0.1, 0.15) is 61.1 Å². The lowest BCUT2D eigenvalue weighted by atomic mass is 10.1. The molecule has 0 aromatic carbocycles. The first-order valence-corrected chi connectivity index (χ1v) is 16.0. The molecule has 2 aliphatic heterocycles.